The van der Waals surface area contributed by atoms with Gasteiger partial charge < -0.3 is 4.98 Å². The second-order valence-electron chi connectivity index (χ2n) is 4.21. The number of rotatable bonds is 4. The fourth-order valence-electron chi connectivity index (χ4n) is 1.82. The Labute approximate surface area is 119 Å². The van der Waals surface area contributed by atoms with E-state index in [2.05, 4.69) is 19.9 Å². The summed E-state index contributed by atoms with van der Waals surface area (Å²) in [7, 11) is -3.69. The number of aromatic nitrogens is 4. The molecular weight excluding hydrogens is 294 g/mol. The van der Waals surface area contributed by atoms with Crippen molar-refractivity contribution < 1.29 is 8.42 Å². The Morgan fingerprint density at radius 3 is 2.48 bits per heavy atom. The molecule has 0 saturated carbocycles. The summed E-state index contributed by atoms with van der Waals surface area (Å²) in [6, 6.07) is 7.78. The van der Waals surface area contributed by atoms with E-state index >= 15 is 0 Å². The Morgan fingerprint density at radius 1 is 1.14 bits per heavy atom. The number of aromatic amines is 2. The fourth-order valence-corrected chi connectivity index (χ4v) is 2.79. The van der Waals surface area contributed by atoms with Gasteiger partial charge in [0.1, 0.15) is 0 Å². The summed E-state index contributed by atoms with van der Waals surface area (Å²) in [5, 5.41) is 5.97. The zero-order chi connectivity index (χ0) is 14.9. The molecule has 2 aromatic heterocycles. The average Bonchev–Trinajstić information content (AvgIpc) is 3.10. The molecule has 2 heterocycles. The number of H-pyrrole nitrogens is 2. The number of nitrogens with one attached hydrogen (secondary N) is 3. The van der Waals surface area contributed by atoms with E-state index in [-0.39, 0.29) is 10.7 Å². The van der Waals surface area contributed by atoms with Crippen LogP contribution in [0, 0.1) is 0 Å². The van der Waals surface area contributed by atoms with Crippen LogP contribution in [0.15, 0.2) is 58.7 Å². The van der Waals surface area contributed by atoms with Crippen molar-refractivity contribution >= 4 is 15.7 Å². The third-order valence-electron chi connectivity index (χ3n) is 2.81. The molecule has 0 amide bonds. The summed E-state index contributed by atoms with van der Waals surface area (Å²) in [4.78, 5) is 14.0. The molecule has 21 heavy (non-hydrogen) atoms. The van der Waals surface area contributed by atoms with E-state index in [1.54, 1.807) is 30.5 Å². The highest BCUT2D eigenvalue weighted by Gasteiger charge is 2.15. The Balaban J connectivity index is 1.86. The van der Waals surface area contributed by atoms with Crippen LogP contribution in [0.3, 0.4) is 0 Å². The molecule has 0 aliphatic heterocycles. The molecule has 0 unspecified atom stereocenters. The molecule has 0 spiro atoms. The third kappa shape index (κ3) is 2.58. The number of benzene rings is 1. The Bertz CT molecular complexity index is 891. The summed E-state index contributed by atoms with van der Waals surface area (Å²) in [6.45, 7) is 0. The molecular formula is C12H11N5O3S. The zero-order valence-corrected chi connectivity index (χ0v) is 11.5. The van der Waals surface area contributed by atoms with Crippen LogP contribution < -0.4 is 10.4 Å². The second-order valence-corrected chi connectivity index (χ2v) is 5.86. The van der Waals surface area contributed by atoms with Crippen LogP contribution in [0.1, 0.15) is 0 Å². The summed E-state index contributed by atoms with van der Waals surface area (Å²) in [6.07, 6.45) is 4.47. The van der Waals surface area contributed by atoms with E-state index in [1.165, 1.54) is 23.0 Å². The summed E-state index contributed by atoms with van der Waals surface area (Å²) >= 11 is 0. The lowest BCUT2D eigenvalue weighted by atomic mass is 10.3. The molecule has 9 heteroatoms. The molecule has 0 bridgehead atoms. The molecule has 108 valence electrons. The van der Waals surface area contributed by atoms with E-state index in [9.17, 15) is 13.2 Å². The van der Waals surface area contributed by atoms with Crippen LogP contribution in [0.4, 0.5) is 5.69 Å². The first kappa shape index (κ1) is 13.2. The van der Waals surface area contributed by atoms with Crippen LogP contribution in [0.25, 0.3) is 5.69 Å². The number of sulfonamides is 1. The van der Waals surface area contributed by atoms with Gasteiger partial charge in [-0.2, -0.15) is 13.5 Å². The molecule has 0 aliphatic rings. The predicted molar refractivity (Wildman–Crippen MR) is 75.8 cm³/mol. The molecule has 1 aromatic carbocycles. The molecule has 3 rings (SSSR count). The van der Waals surface area contributed by atoms with Gasteiger partial charge in [-0.05, 0) is 30.3 Å². The van der Waals surface area contributed by atoms with Crippen molar-refractivity contribution in [3.8, 4) is 5.69 Å². The van der Waals surface area contributed by atoms with Gasteiger partial charge in [-0.3, -0.25) is 14.4 Å². The monoisotopic (exact) mass is 305 g/mol. The first-order valence-corrected chi connectivity index (χ1v) is 7.43. The van der Waals surface area contributed by atoms with Crippen molar-refractivity contribution in [2.75, 3.05) is 4.72 Å². The van der Waals surface area contributed by atoms with Crippen molar-refractivity contribution in [2.24, 2.45) is 0 Å². The van der Waals surface area contributed by atoms with E-state index < -0.39 is 10.0 Å². The molecule has 8 nitrogen and oxygen atoms in total. The molecule has 0 radical (unpaired) electrons. The number of hydrogen-bond donors (Lipinski definition) is 3. The van der Waals surface area contributed by atoms with Crippen molar-refractivity contribution in [1.29, 1.82) is 0 Å². The Hall–Kier alpha value is -2.81. The van der Waals surface area contributed by atoms with Gasteiger partial charge in [0, 0.05) is 18.1 Å². The highest BCUT2D eigenvalue weighted by atomic mass is 32.2. The maximum atomic E-state index is 12.0. The van der Waals surface area contributed by atoms with Gasteiger partial charge in [0.2, 0.25) is 0 Å². The van der Waals surface area contributed by atoms with Crippen LogP contribution in [-0.4, -0.2) is 28.2 Å². The van der Waals surface area contributed by atoms with Crippen molar-refractivity contribution in [3.05, 3.63) is 59.4 Å². The lowest BCUT2D eigenvalue weighted by Crippen LogP contribution is -2.15. The van der Waals surface area contributed by atoms with Gasteiger partial charge in [0.25, 0.3) is 10.0 Å². The Morgan fingerprint density at radius 2 is 1.90 bits per heavy atom. The highest BCUT2D eigenvalue weighted by molar-refractivity contribution is 7.92. The number of imidazole rings is 1. The quantitative estimate of drug-likeness (QED) is 0.658. The maximum Gasteiger partial charge on any atom is 0.330 e. The van der Waals surface area contributed by atoms with Gasteiger partial charge in [-0.15, -0.1) is 0 Å². The maximum absolute atomic E-state index is 12.0. The molecule has 0 aliphatic carbocycles. The summed E-state index contributed by atoms with van der Waals surface area (Å²) in [5.74, 6) is 0. The average molecular weight is 305 g/mol. The second kappa shape index (κ2) is 4.94. The van der Waals surface area contributed by atoms with Crippen molar-refractivity contribution in [1.82, 2.24) is 19.7 Å². The number of hydrogen-bond acceptors (Lipinski definition) is 4. The largest absolute Gasteiger partial charge is 0.330 e. The molecule has 0 fully saturated rings. The lowest BCUT2D eigenvalue weighted by molar-refractivity contribution is 0.597. The van der Waals surface area contributed by atoms with Crippen LogP contribution in [0.2, 0.25) is 0 Å². The molecule has 0 saturated heterocycles. The minimum absolute atomic E-state index is 0.0200. The standard InChI is InChI=1S/C12H11N5O3S/c18-12-13-7-8-17(12)10-3-1-9(2-4-10)16-21(19,20)11-5-6-14-15-11/h1-8,16H,(H,13,18)(H,14,15). The van der Waals surface area contributed by atoms with E-state index in [1.807, 2.05) is 0 Å². The van der Waals surface area contributed by atoms with Crippen LogP contribution in [0.5, 0.6) is 0 Å². The molecule has 0 atom stereocenters. The van der Waals surface area contributed by atoms with Gasteiger partial charge >= 0.3 is 5.69 Å². The van der Waals surface area contributed by atoms with Crippen molar-refractivity contribution in [3.63, 3.8) is 0 Å². The predicted octanol–water partition coefficient (Wildman–Crippen LogP) is 0.689. The van der Waals surface area contributed by atoms with E-state index in [0.717, 1.165) is 0 Å². The van der Waals surface area contributed by atoms with E-state index in [4.69, 9.17) is 0 Å². The zero-order valence-electron chi connectivity index (χ0n) is 10.6. The lowest BCUT2D eigenvalue weighted by Gasteiger charge is -2.07. The first-order chi connectivity index (χ1) is 10.1. The van der Waals surface area contributed by atoms with Gasteiger partial charge in [0.05, 0.1) is 11.9 Å². The number of nitrogens with zero attached hydrogens (tertiary/aromatic N) is 2. The molecule has 3 aromatic rings. The summed E-state index contributed by atoms with van der Waals surface area (Å²) in [5.41, 5.74) is 0.753. The third-order valence-corrected chi connectivity index (χ3v) is 4.12. The highest BCUT2D eigenvalue weighted by Crippen LogP contribution is 2.16. The fraction of sp³-hybridized carbons (Fsp3) is 0. The van der Waals surface area contributed by atoms with Crippen LogP contribution >= 0.6 is 0 Å². The summed E-state index contributed by atoms with van der Waals surface area (Å²) < 4.78 is 27.8. The SMILES string of the molecule is O=c1[nH]ccn1-c1ccc(NS(=O)(=O)c2ccn[nH]2)cc1. The molecule has 3 N–H and O–H groups in total. The topological polar surface area (TPSA) is 113 Å². The smallest absolute Gasteiger partial charge is 0.312 e. The van der Waals surface area contributed by atoms with Gasteiger partial charge in [-0.25, -0.2) is 4.79 Å². The van der Waals surface area contributed by atoms with Gasteiger partial charge in [-0.1, -0.05) is 0 Å². The first-order valence-electron chi connectivity index (χ1n) is 5.95. The van der Waals surface area contributed by atoms with Crippen molar-refractivity contribution in [2.45, 2.75) is 5.03 Å². The minimum atomic E-state index is -3.69. The van der Waals surface area contributed by atoms with Crippen LogP contribution in [-0.2, 0) is 10.0 Å². The van der Waals surface area contributed by atoms with E-state index in [0.29, 0.717) is 11.4 Å². The normalized spacial score (nSPS) is 11.4. The van der Waals surface area contributed by atoms with Gasteiger partial charge in [0.15, 0.2) is 5.03 Å². The minimum Gasteiger partial charge on any atom is -0.312 e. The number of anilines is 1. The Kier molecular flexibility index (Phi) is 3.10.